The number of hydrogen-bond acceptors (Lipinski definition) is 4. The van der Waals surface area contributed by atoms with E-state index in [9.17, 15) is 13.2 Å². The highest BCUT2D eigenvalue weighted by Crippen LogP contribution is 2.25. The fourth-order valence-electron chi connectivity index (χ4n) is 3.16. The van der Waals surface area contributed by atoms with Gasteiger partial charge in [0.2, 0.25) is 15.9 Å². The van der Waals surface area contributed by atoms with Crippen LogP contribution in [0.1, 0.15) is 24.0 Å². The van der Waals surface area contributed by atoms with Crippen LogP contribution >= 0.6 is 0 Å². The molecule has 1 aliphatic heterocycles. The zero-order chi connectivity index (χ0) is 19.4. The third kappa shape index (κ3) is 4.18. The van der Waals surface area contributed by atoms with E-state index >= 15 is 0 Å². The predicted octanol–water partition coefficient (Wildman–Crippen LogP) is 2.91. The average molecular weight is 383 g/mol. The van der Waals surface area contributed by atoms with Crippen molar-refractivity contribution in [3.63, 3.8) is 0 Å². The number of anilines is 1. The van der Waals surface area contributed by atoms with E-state index < -0.39 is 15.9 Å². The topological polar surface area (TPSA) is 90.3 Å². The van der Waals surface area contributed by atoms with Crippen LogP contribution in [0, 0.1) is 24.2 Å². The van der Waals surface area contributed by atoms with E-state index in [1.807, 2.05) is 13.0 Å². The average Bonchev–Trinajstić information content (AvgIpc) is 2.69. The first kappa shape index (κ1) is 19.1. The van der Waals surface area contributed by atoms with Gasteiger partial charge in [-0.05, 0) is 44.0 Å². The standard InChI is InChI=1S/C20H21N3O3S/c1-15-8-10-18(11-9-15)27(25,26)23-12-4-6-17(14-23)20(24)22-19-7-3-2-5-16(19)13-21/h2-3,5,7-11,17H,4,6,12,14H2,1H3,(H,22,24)/t17-/m0/s1. The fourth-order valence-corrected chi connectivity index (χ4v) is 4.68. The number of benzene rings is 2. The molecule has 1 aliphatic rings. The molecular weight excluding hydrogens is 362 g/mol. The van der Waals surface area contributed by atoms with E-state index in [4.69, 9.17) is 5.26 Å². The third-order valence-electron chi connectivity index (χ3n) is 4.72. The highest BCUT2D eigenvalue weighted by Gasteiger charge is 2.33. The van der Waals surface area contributed by atoms with E-state index in [1.54, 1.807) is 48.5 Å². The number of hydrogen-bond donors (Lipinski definition) is 1. The molecule has 1 fully saturated rings. The number of nitriles is 1. The van der Waals surface area contributed by atoms with E-state index in [1.165, 1.54) is 4.31 Å². The number of carbonyl (C=O) groups is 1. The molecule has 3 rings (SSSR count). The summed E-state index contributed by atoms with van der Waals surface area (Å²) in [6, 6.07) is 15.5. The molecule has 0 saturated carbocycles. The minimum absolute atomic E-state index is 0.136. The molecule has 0 bridgehead atoms. The van der Waals surface area contributed by atoms with Crippen LogP contribution in [-0.2, 0) is 14.8 Å². The Hall–Kier alpha value is -2.69. The fraction of sp³-hybridized carbons (Fsp3) is 0.300. The van der Waals surface area contributed by atoms with Gasteiger partial charge >= 0.3 is 0 Å². The minimum atomic E-state index is -3.63. The normalized spacial score (nSPS) is 17.9. The van der Waals surface area contributed by atoms with Crippen LogP contribution in [0.3, 0.4) is 0 Å². The Morgan fingerprint density at radius 3 is 2.59 bits per heavy atom. The molecule has 1 N–H and O–H groups in total. The third-order valence-corrected chi connectivity index (χ3v) is 6.60. The molecule has 0 spiro atoms. The Kier molecular flexibility index (Phi) is 5.59. The largest absolute Gasteiger partial charge is 0.325 e. The van der Waals surface area contributed by atoms with Gasteiger partial charge in [-0.1, -0.05) is 29.8 Å². The summed E-state index contributed by atoms with van der Waals surface area (Å²) in [6.45, 7) is 2.43. The number of sulfonamides is 1. The highest BCUT2D eigenvalue weighted by molar-refractivity contribution is 7.89. The maximum absolute atomic E-state index is 12.9. The number of para-hydroxylation sites is 1. The lowest BCUT2D eigenvalue weighted by Crippen LogP contribution is -2.43. The van der Waals surface area contributed by atoms with Gasteiger partial charge in [0.25, 0.3) is 0 Å². The number of nitrogens with one attached hydrogen (secondary N) is 1. The first-order valence-corrected chi connectivity index (χ1v) is 10.2. The summed E-state index contributed by atoms with van der Waals surface area (Å²) in [4.78, 5) is 12.9. The molecule has 2 aromatic carbocycles. The molecule has 6 nitrogen and oxygen atoms in total. The maximum atomic E-state index is 12.9. The monoisotopic (exact) mass is 383 g/mol. The second-order valence-corrected chi connectivity index (χ2v) is 8.60. The number of nitrogens with zero attached hydrogens (tertiary/aromatic N) is 2. The molecule has 140 valence electrons. The van der Waals surface area contributed by atoms with Crippen molar-refractivity contribution in [2.24, 2.45) is 5.92 Å². The smallest absolute Gasteiger partial charge is 0.243 e. The summed E-state index contributed by atoms with van der Waals surface area (Å²) in [7, 11) is -3.63. The van der Waals surface area contributed by atoms with Crippen LogP contribution in [0.4, 0.5) is 5.69 Å². The number of carbonyl (C=O) groups excluding carboxylic acids is 1. The van der Waals surface area contributed by atoms with Crippen LogP contribution in [-0.4, -0.2) is 31.7 Å². The minimum Gasteiger partial charge on any atom is -0.325 e. The molecule has 0 aromatic heterocycles. The highest BCUT2D eigenvalue weighted by atomic mass is 32.2. The second-order valence-electron chi connectivity index (χ2n) is 6.66. The van der Waals surface area contributed by atoms with Crippen LogP contribution in [0.5, 0.6) is 0 Å². The summed E-state index contributed by atoms with van der Waals surface area (Å²) in [6.07, 6.45) is 1.23. The van der Waals surface area contributed by atoms with Gasteiger partial charge in [0.15, 0.2) is 0 Å². The van der Waals surface area contributed by atoms with Crippen molar-refractivity contribution in [3.8, 4) is 6.07 Å². The molecule has 1 atom stereocenters. The van der Waals surface area contributed by atoms with E-state index in [0.717, 1.165) is 5.56 Å². The van der Waals surface area contributed by atoms with E-state index in [0.29, 0.717) is 30.6 Å². The Balaban J connectivity index is 1.75. The van der Waals surface area contributed by atoms with Crippen LogP contribution in [0.15, 0.2) is 53.4 Å². The Morgan fingerprint density at radius 1 is 1.19 bits per heavy atom. The Morgan fingerprint density at radius 2 is 1.89 bits per heavy atom. The Bertz CT molecular complexity index is 978. The van der Waals surface area contributed by atoms with E-state index in [-0.39, 0.29) is 17.3 Å². The van der Waals surface area contributed by atoms with Gasteiger partial charge in [-0.2, -0.15) is 9.57 Å². The molecule has 2 aromatic rings. The summed E-state index contributed by atoms with van der Waals surface area (Å²) >= 11 is 0. The molecule has 0 unspecified atom stereocenters. The first-order chi connectivity index (χ1) is 12.9. The van der Waals surface area contributed by atoms with Crippen LogP contribution in [0.2, 0.25) is 0 Å². The number of rotatable bonds is 4. The maximum Gasteiger partial charge on any atom is 0.243 e. The Labute approximate surface area is 159 Å². The summed E-state index contributed by atoms with van der Waals surface area (Å²) in [5.74, 6) is -0.716. The number of piperidine rings is 1. The molecule has 0 aliphatic carbocycles. The zero-order valence-corrected chi connectivity index (χ0v) is 15.9. The van der Waals surface area contributed by atoms with Crippen molar-refractivity contribution in [2.45, 2.75) is 24.7 Å². The summed E-state index contributed by atoms with van der Waals surface area (Å²) in [5, 5.41) is 11.9. The van der Waals surface area contributed by atoms with Crippen molar-refractivity contribution in [1.82, 2.24) is 4.31 Å². The number of aryl methyl sites for hydroxylation is 1. The summed E-state index contributed by atoms with van der Waals surface area (Å²) in [5.41, 5.74) is 1.82. The van der Waals surface area contributed by atoms with Gasteiger partial charge in [0.1, 0.15) is 6.07 Å². The van der Waals surface area contributed by atoms with Crippen molar-refractivity contribution in [1.29, 1.82) is 5.26 Å². The lowest BCUT2D eigenvalue weighted by Gasteiger charge is -2.31. The summed E-state index contributed by atoms with van der Waals surface area (Å²) < 4.78 is 27.1. The quantitative estimate of drug-likeness (QED) is 0.879. The molecule has 7 heteroatoms. The van der Waals surface area contributed by atoms with Crippen molar-refractivity contribution < 1.29 is 13.2 Å². The predicted molar refractivity (Wildman–Crippen MR) is 102 cm³/mol. The van der Waals surface area contributed by atoms with Gasteiger partial charge in [0, 0.05) is 13.1 Å². The molecule has 1 heterocycles. The van der Waals surface area contributed by atoms with Gasteiger partial charge in [-0.3, -0.25) is 4.79 Å². The lowest BCUT2D eigenvalue weighted by molar-refractivity contribution is -0.120. The molecule has 27 heavy (non-hydrogen) atoms. The molecule has 0 radical (unpaired) electrons. The van der Waals surface area contributed by atoms with Crippen molar-refractivity contribution in [3.05, 3.63) is 59.7 Å². The second kappa shape index (κ2) is 7.91. The van der Waals surface area contributed by atoms with Crippen molar-refractivity contribution in [2.75, 3.05) is 18.4 Å². The first-order valence-electron chi connectivity index (χ1n) is 8.78. The van der Waals surface area contributed by atoms with Gasteiger partial charge in [0.05, 0.1) is 22.1 Å². The molecule has 1 saturated heterocycles. The van der Waals surface area contributed by atoms with Crippen LogP contribution < -0.4 is 5.32 Å². The van der Waals surface area contributed by atoms with E-state index in [2.05, 4.69) is 5.32 Å². The molecule has 1 amide bonds. The zero-order valence-electron chi connectivity index (χ0n) is 15.1. The van der Waals surface area contributed by atoms with Gasteiger partial charge in [-0.25, -0.2) is 8.42 Å². The number of amides is 1. The van der Waals surface area contributed by atoms with Crippen molar-refractivity contribution >= 4 is 21.6 Å². The lowest BCUT2D eigenvalue weighted by atomic mass is 9.98. The molecular formula is C20H21N3O3S. The van der Waals surface area contributed by atoms with Gasteiger partial charge in [-0.15, -0.1) is 0 Å². The van der Waals surface area contributed by atoms with Crippen LogP contribution in [0.25, 0.3) is 0 Å². The van der Waals surface area contributed by atoms with Gasteiger partial charge < -0.3 is 5.32 Å². The SMILES string of the molecule is Cc1ccc(S(=O)(=O)N2CCC[C@H](C(=O)Nc3ccccc3C#N)C2)cc1.